The number of rotatable bonds is 3. The van der Waals surface area contributed by atoms with Crippen molar-refractivity contribution >= 4 is 6.29 Å². The van der Waals surface area contributed by atoms with Gasteiger partial charge in [-0.15, -0.1) is 0 Å². The van der Waals surface area contributed by atoms with E-state index in [9.17, 15) is 9.18 Å². The standard InChI is InChI=1S/C8H7FO2/c9-6-11-8-3-1-2-7(4-8)5-10/h1-5H,6H2. The number of benzene rings is 1. The van der Waals surface area contributed by atoms with Gasteiger partial charge in [-0.25, -0.2) is 4.39 Å². The largest absolute Gasteiger partial charge is 0.463 e. The molecule has 0 saturated carbocycles. The molecule has 2 nitrogen and oxygen atoms in total. The molecule has 3 heteroatoms. The quantitative estimate of drug-likeness (QED) is 0.620. The van der Waals surface area contributed by atoms with Crippen LogP contribution in [0.1, 0.15) is 10.4 Å². The molecule has 0 spiro atoms. The number of hydrogen-bond donors (Lipinski definition) is 0. The lowest BCUT2D eigenvalue weighted by molar-refractivity contribution is 0.112. The van der Waals surface area contributed by atoms with E-state index >= 15 is 0 Å². The topological polar surface area (TPSA) is 26.3 Å². The Labute approximate surface area is 63.6 Å². The van der Waals surface area contributed by atoms with Crippen LogP contribution in [0.15, 0.2) is 24.3 Å². The average molecular weight is 154 g/mol. The maximum atomic E-state index is 11.6. The van der Waals surface area contributed by atoms with Crippen molar-refractivity contribution < 1.29 is 13.9 Å². The molecular formula is C8H7FO2. The summed E-state index contributed by atoms with van der Waals surface area (Å²) in [6, 6.07) is 6.33. The Kier molecular flexibility index (Phi) is 2.60. The molecule has 58 valence electrons. The van der Waals surface area contributed by atoms with Gasteiger partial charge < -0.3 is 4.74 Å². The molecule has 0 fully saturated rings. The Balaban J connectivity index is 2.82. The SMILES string of the molecule is O=Cc1cccc(OCF)c1. The van der Waals surface area contributed by atoms with Crippen LogP contribution in [0.25, 0.3) is 0 Å². The monoisotopic (exact) mass is 154 g/mol. The van der Waals surface area contributed by atoms with Gasteiger partial charge in [0.15, 0.2) is 0 Å². The number of carbonyl (C=O) groups excluding carboxylic acids is 1. The summed E-state index contributed by atoms with van der Waals surface area (Å²) in [6.45, 7) is -0.873. The number of aldehydes is 1. The van der Waals surface area contributed by atoms with Crippen LogP contribution in [0.2, 0.25) is 0 Å². The minimum absolute atomic E-state index is 0.372. The van der Waals surface area contributed by atoms with Crippen molar-refractivity contribution in [2.45, 2.75) is 0 Å². The van der Waals surface area contributed by atoms with E-state index < -0.39 is 6.86 Å². The Morgan fingerprint density at radius 1 is 1.55 bits per heavy atom. The Morgan fingerprint density at radius 3 is 3.00 bits per heavy atom. The van der Waals surface area contributed by atoms with Gasteiger partial charge in [-0.3, -0.25) is 4.79 Å². The molecule has 0 radical (unpaired) electrons. The van der Waals surface area contributed by atoms with Crippen LogP contribution in [-0.4, -0.2) is 13.1 Å². The van der Waals surface area contributed by atoms with Crippen molar-refractivity contribution in [2.75, 3.05) is 6.86 Å². The maximum Gasteiger partial charge on any atom is 0.228 e. The van der Waals surface area contributed by atoms with Crippen molar-refractivity contribution in [2.24, 2.45) is 0 Å². The second kappa shape index (κ2) is 3.71. The molecule has 1 aromatic carbocycles. The van der Waals surface area contributed by atoms with Gasteiger partial charge in [-0.1, -0.05) is 12.1 Å². The molecule has 11 heavy (non-hydrogen) atoms. The molecule has 0 N–H and O–H groups in total. The molecule has 0 bridgehead atoms. The Hall–Kier alpha value is -1.38. The first-order chi connectivity index (χ1) is 5.36. The van der Waals surface area contributed by atoms with Crippen molar-refractivity contribution in [3.63, 3.8) is 0 Å². The molecule has 0 aliphatic rings. The van der Waals surface area contributed by atoms with Gasteiger partial charge in [0.05, 0.1) is 0 Å². The van der Waals surface area contributed by atoms with Crippen LogP contribution in [0.4, 0.5) is 4.39 Å². The van der Waals surface area contributed by atoms with Crippen LogP contribution in [0.3, 0.4) is 0 Å². The normalized spacial score (nSPS) is 9.18. The third-order valence-electron chi connectivity index (χ3n) is 1.22. The summed E-state index contributed by atoms with van der Waals surface area (Å²) in [6.07, 6.45) is 0.686. The molecule has 1 rings (SSSR count). The molecule has 0 saturated heterocycles. The predicted molar refractivity (Wildman–Crippen MR) is 38.4 cm³/mol. The van der Waals surface area contributed by atoms with Crippen molar-refractivity contribution in [3.05, 3.63) is 29.8 Å². The van der Waals surface area contributed by atoms with Gasteiger partial charge in [0, 0.05) is 5.56 Å². The summed E-state index contributed by atoms with van der Waals surface area (Å²) in [4.78, 5) is 10.2. The highest BCUT2D eigenvalue weighted by molar-refractivity contribution is 5.75. The second-order valence-corrected chi connectivity index (χ2v) is 1.94. The van der Waals surface area contributed by atoms with Gasteiger partial charge in [-0.2, -0.15) is 0 Å². The summed E-state index contributed by atoms with van der Waals surface area (Å²) >= 11 is 0. The number of halogens is 1. The average Bonchev–Trinajstić information content (AvgIpc) is 2.06. The van der Waals surface area contributed by atoms with Crippen LogP contribution >= 0.6 is 0 Å². The highest BCUT2D eigenvalue weighted by Crippen LogP contribution is 2.11. The van der Waals surface area contributed by atoms with E-state index in [0.717, 1.165) is 0 Å². The minimum atomic E-state index is -0.873. The zero-order valence-electron chi connectivity index (χ0n) is 5.79. The first-order valence-electron chi connectivity index (χ1n) is 3.11. The zero-order valence-corrected chi connectivity index (χ0v) is 5.79. The second-order valence-electron chi connectivity index (χ2n) is 1.94. The lowest BCUT2D eigenvalue weighted by Crippen LogP contribution is -1.90. The minimum Gasteiger partial charge on any atom is -0.463 e. The van der Waals surface area contributed by atoms with E-state index in [2.05, 4.69) is 4.74 Å². The smallest absolute Gasteiger partial charge is 0.228 e. The molecule has 1 aromatic rings. The van der Waals surface area contributed by atoms with Crippen LogP contribution in [0, 0.1) is 0 Å². The van der Waals surface area contributed by atoms with E-state index in [0.29, 0.717) is 17.6 Å². The van der Waals surface area contributed by atoms with E-state index in [1.807, 2.05) is 0 Å². The Morgan fingerprint density at radius 2 is 2.36 bits per heavy atom. The molecular weight excluding hydrogens is 147 g/mol. The number of hydrogen-bond acceptors (Lipinski definition) is 2. The van der Waals surface area contributed by atoms with Crippen LogP contribution in [-0.2, 0) is 0 Å². The lowest BCUT2D eigenvalue weighted by atomic mass is 10.2. The highest BCUT2D eigenvalue weighted by atomic mass is 19.1. The summed E-state index contributed by atoms with van der Waals surface area (Å²) in [5.74, 6) is 0.372. The fourth-order valence-electron chi connectivity index (χ4n) is 0.741. The van der Waals surface area contributed by atoms with E-state index in [1.54, 1.807) is 18.2 Å². The third kappa shape index (κ3) is 2.04. The highest BCUT2D eigenvalue weighted by Gasteiger charge is 1.93. The predicted octanol–water partition coefficient (Wildman–Crippen LogP) is 1.80. The third-order valence-corrected chi connectivity index (χ3v) is 1.22. The summed E-state index contributed by atoms with van der Waals surface area (Å²) in [5.41, 5.74) is 0.482. The van der Waals surface area contributed by atoms with Gasteiger partial charge >= 0.3 is 0 Å². The number of ether oxygens (including phenoxy) is 1. The van der Waals surface area contributed by atoms with Crippen LogP contribution in [0.5, 0.6) is 5.75 Å². The molecule has 0 aliphatic heterocycles. The van der Waals surface area contributed by atoms with Gasteiger partial charge in [-0.05, 0) is 12.1 Å². The van der Waals surface area contributed by atoms with E-state index in [-0.39, 0.29) is 0 Å². The van der Waals surface area contributed by atoms with Gasteiger partial charge in [0.1, 0.15) is 12.0 Å². The van der Waals surface area contributed by atoms with Crippen molar-refractivity contribution in [3.8, 4) is 5.75 Å². The molecule has 0 aromatic heterocycles. The fourth-order valence-corrected chi connectivity index (χ4v) is 0.741. The molecule has 0 amide bonds. The van der Waals surface area contributed by atoms with Crippen molar-refractivity contribution in [1.29, 1.82) is 0 Å². The van der Waals surface area contributed by atoms with Gasteiger partial charge in [0.25, 0.3) is 0 Å². The van der Waals surface area contributed by atoms with Crippen LogP contribution < -0.4 is 4.74 Å². The molecule has 0 heterocycles. The molecule has 0 aliphatic carbocycles. The van der Waals surface area contributed by atoms with E-state index in [4.69, 9.17) is 0 Å². The summed E-state index contributed by atoms with van der Waals surface area (Å²) in [7, 11) is 0. The molecule has 0 unspecified atom stereocenters. The molecule has 0 atom stereocenters. The summed E-state index contributed by atoms with van der Waals surface area (Å²) in [5, 5.41) is 0. The number of carbonyl (C=O) groups is 1. The van der Waals surface area contributed by atoms with E-state index in [1.165, 1.54) is 6.07 Å². The summed E-state index contributed by atoms with van der Waals surface area (Å²) < 4.78 is 16.1. The van der Waals surface area contributed by atoms with Gasteiger partial charge in [0.2, 0.25) is 6.86 Å². The fraction of sp³-hybridized carbons (Fsp3) is 0.125. The Bertz CT molecular complexity index is 248. The first kappa shape index (κ1) is 7.72. The lowest BCUT2D eigenvalue weighted by Gasteiger charge is -1.99. The number of alkyl halides is 1. The zero-order chi connectivity index (χ0) is 8.10. The maximum absolute atomic E-state index is 11.6. The first-order valence-corrected chi connectivity index (χ1v) is 3.11. The van der Waals surface area contributed by atoms with Crippen molar-refractivity contribution in [1.82, 2.24) is 0 Å².